The molecule has 4 aromatic rings. The van der Waals surface area contributed by atoms with Crippen molar-refractivity contribution in [2.45, 2.75) is 10.1 Å². The van der Waals surface area contributed by atoms with Crippen LogP contribution in [-0.2, 0) is 5.75 Å². The molecule has 0 spiro atoms. The maximum atomic E-state index is 5.36. The Morgan fingerprint density at radius 3 is 2.70 bits per heavy atom. The van der Waals surface area contributed by atoms with Crippen LogP contribution in [0.3, 0.4) is 0 Å². The van der Waals surface area contributed by atoms with Crippen LogP contribution in [0.4, 0.5) is 0 Å². The first kappa shape index (κ1) is 14.6. The molecule has 4 rings (SSSR count). The van der Waals surface area contributed by atoms with Crippen molar-refractivity contribution in [1.29, 1.82) is 0 Å². The average Bonchev–Trinajstić information content (AvgIpc) is 3.16. The van der Waals surface area contributed by atoms with Crippen molar-refractivity contribution in [1.82, 2.24) is 19.7 Å². The van der Waals surface area contributed by atoms with Crippen LogP contribution in [0.5, 0.6) is 0 Å². The Morgan fingerprint density at radius 1 is 1.09 bits per heavy atom. The molecule has 0 atom stereocenters. The lowest BCUT2D eigenvalue weighted by atomic mass is 10.3. The first-order valence-corrected chi connectivity index (χ1v) is 9.22. The minimum atomic E-state index is 0.607. The molecule has 0 aliphatic rings. The van der Waals surface area contributed by atoms with Crippen molar-refractivity contribution in [2.75, 3.05) is 0 Å². The van der Waals surface area contributed by atoms with E-state index in [4.69, 9.17) is 12.2 Å². The molecule has 4 nitrogen and oxygen atoms in total. The number of thiazole rings is 1. The van der Waals surface area contributed by atoms with E-state index < -0.39 is 0 Å². The Labute approximate surface area is 146 Å². The summed E-state index contributed by atoms with van der Waals surface area (Å²) in [5, 5.41) is 7.25. The molecule has 1 N–H and O–H groups in total. The fraction of sp³-hybridized carbons (Fsp3) is 0.0625. The lowest BCUT2D eigenvalue weighted by Gasteiger charge is -2.05. The predicted octanol–water partition coefficient (Wildman–Crippen LogP) is 4.83. The van der Waals surface area contributed by atoms with Crippen molar-refractivity contribution in [3.05, 3.63) is 65.2 Å². The van der Waals surface area contributed by atoms with Gasteiger partial charge in [-0.25, -0.2) is 4.98 Å². The van der Waals surface area contributed by atoms with Gasteiger partial charge in [0.2, 0.25) is 0 Å². The molecule has 0 amide bonds. The standard InChI is InChI=1S/C16H12N4S3/c21-15-19-18-14(20(15)11-6-2-1-3-7-11)10-22-16-17-12-8-4-5-9-13(12)23-16/h1-9H,10H2,(H,19,21). The van der Waals surface area contributed by atoms with E-state index in [1.54, 1.807) is 23.1 Å². The normalized spacial score (nSPS) is 11.1. The minimum absolute atomic E-state index is 0.607. The highest BCUT2D eigenvalue weighted by atomic mass is 32.2. The summed E-state index contributed by atoms with van der Waals surface area (Å²) in [6.07, 6.45) is 0. The van der Waals surface area contributed by atoms with Crippen LogP contribution >= 0.6 is 35.3 Å². The highest BCUT2D eigenvalue weighted by Gasteiger charge is 2.10. The Morgan fingerprint density at radius 2 is 1.87 bits per heavy atom. The van der Waals surface area contributed by atoms with Crippen LogP contribution < -0.4 is 0 Å². The van der Waals surface area contributed by atoms with Crippen molar-refractivity contribution in [2.24, 2.45) is 0 Å². The molecule has 0 radical (unpaired) electrons. The SMILES string of the molecule is S=c1[nH]nc(CSc2nc3ccccc3s2)n1-c1ccccc1. The second kappa shape index (κ2) is 6.27. The fourth-order valence-corrected chi connectivity index (χ4v) is 4.55. The number of fused-ring (bicyclic) bond motifs is 1. The first-order chi connectivity index (χ1) is 11.3. The van der Waals surface area contributed by atoms with Gasteiger partial charge in [0.05, 0.1) is 16.0 Å². The molecule has 0 aliphatic heterocycles. The number of rotatable bonds is 4. The zero-order valence-corrected chi connectivity index (χ0v) is 14.4. The van der Waals surface area contributed by atoms with Crippen LogP contribution in [0.25, 0.3) is 15.9 Å². The second-order valence-corrected chi connectivity index (χ2v) is 7.49. The quantitative estimate of drug-likeness (QED) is 0.420. The summed E-state index contributed by atoms with van der Waals surface area (Å²) in [6, 6.07) is 18.2. The lowest BCUT2D eigenvalue weighted by Crippen LogP contribution is -1.99. The topological polar surface area (TPSA) is 46.5 Å². The molecule has 114 valence electrons. The van der Waals surface area contributed by atoms with Gasteiger partial charge < -0.3 is 0 Å². The van der Waals surface area contributed by atoms with E-state index in [1.807, 2.05) is 53.1 Å². The number of nitrogens with zero attached hydrogens (tertiary/aromatic N) is 3. The molecular weight excluding hydrogens is 344 g/mol. The highest BCUT2D eigenvalue weighted by Crippen LogP contribution is 2.31. The second-order valence-electron chi connectivity index (χ2n) is 4.85. The van der Waals surface area contributed by atoms with Crippen LogP contribution in [0.2, 0.25) is 0 Å². The zero-order valence-electron chi connectivity index (χ0n) is 12.0. The highest BCUT2D eigenvalue weighted by molar-refractivity contribution is 8.00. The molecule has 0 fully saturated rings. The average molecular weight is 357 g/mol. The Balaban J connectivity index is 1.61. The third kappa shape index (κ3) is 2.95. The smallest absolute Gasteiger partial charge is 0.199 e. The molecule has 2 heterocycles. The molecular formula is C16H12N4S3. The van der Waals surface area contributed by atoms with Crippen molar-refractivity contribution >= 4 is 45.5 Å². The number of aromatic nitrogens is 4. The maximum Gasteiger partial charge on any atom is 0.199 e. The summed E-state index contributed by atoms with van der Waals surface area (Å²) < 4.78 is 4.82. The van der Waals surface area contributed by atoms with Crippen LogP contribution in [0.15, 0.2) is 58.9 Å². The van der Waals surface area contributed by atoms with Gasteiger partial charge in [0.1, 0.15) is 5.82 Å². The van der Waals surface area contributed by atoms with Crippen LogP contribution in [0.1, 0.15) is 5.82 Å². The molecule has 0 aliphatic carbocycles. The number of H-pyrrole nitrogens is 1. The van der Waals surface area contributed by atoms with Crippen LogP contribution in [0, 0.1) is 4.77 Å². The Kier molecular flexibility index (Phi) is 3.99. The summed E-state index contributed by atoms with van der Waals surface area (Å²) in [4.78, 5) is 4.65. The number of aromatic amines is 1. The van der Waals surface area contributed by atoms with E-state index in [-0.39, 0.29) is 0 Å². The number of hydrogen-bond acceptors (Lipinski definition) is 5. The van der Waals surface area contributed by atoms with E-state index in [0.717, 1.165) is 21.4 Å². The summed E-state index contributed by atoms with van der Waals surface area (Å²) in [7, 11) is 0. The van der Waals surface area contributed by atoms with Gasteiger partial charge in [-0.1, -0.05) is 42.1 Å². The predicted molar refractivity (Wildman–Crippen MR) is 97.9 cm³/mol. The van der Waals surface area contributed by atoms with Gasteiger partial charge in [0, 0.05) is 5.69 Å². The van der Waals surface area contributed by atoms with Gasteiger partial charge in [-0.3, -0.25) is 9.67 Å². The maximum absolute atomic E-state index is 5.36. The van der Waals surface area contributed by atoms with E-state index in [1.165, 1.54) is 4.70 Å². The van der Waals surface area contributed by atoms with Crippen LogP contribution in [-0.4, -0.2) is 19.7 Å². The van der Waals surface area contributed by atoms with E-state index in [0.29, 0.717) is 10.5 Å². The summed E-state index contributed by atoms with van der Waals surface area (Å²) >= 11 is 8.74. The minimum Gasteiger partial charge on any atom is -0.271 e. The molecule has 0 saturated carbocycles. The summed E-state index contributed by atoms with van der Waals surface area (Å²) in [5.74, 6) is 1.60. The van der Waals surface area contributed by atoms with E-state index >= 15 is 0 Å². The third-order valence-electron chi connectivity index (χ3n) is 3.36. The lowest BCUT2D eigenvalue weighted by molar-refractivity contribution is 0.949. The Hall–Kier alpha value is -1.96. The number of hydrogen-bond donors (Lipinski definition) is 1. The number of para-hydroxylation sites is 2. The summed E-state index contributed by atoms with van der Waals surface area (Å²) in [6.45, 7) is 0. The molecule has 0 bridgehead atoms. The summed E-state index contributed by atoms with van der Waals surface area (Å²) in [5.41, 5.74) is 2.06. The van der Waals surface area contributed by atoms with Crippen molar-refractivity contribution in [3.63, 3.8) is 0 Å². The van der Waals surface area contributed by atoms with Crippen molar-refractivity contribution < 1.29 is 0 Å². The number of nitrogens with one attached hydrogen (secondary N) is 1. The molecule has 2 aromatic heterocycles. The van der Waals surface area contributed by atoms with Gasteiger partial charge in [0.15, 0.2) is 9.11 Å². The largest absolute Gasteiger partial charge is 0.271 e. The fourth-order valence-electron chi connectivity index (χ4n) is 2.31. The van der Waals surface area contributed by atoms with E-state index in [9.17, 15) is 0 Å². The van der Waals surface area contributed by atoms with Gasteiger partial charge in [-0.05, 0) is 36.5 Å². The molecule has 0 unspecified atom stereocenters. The van der Waals surface area contributed by atoms with Gasteiger partial charge in [-0.15, -0.1) is 11.3 Å². The Bertz CT molecular complexity index is 968. The monoisotopic (exact) mass is 356 g/mol. The number of benzene rings is 2. The third-order valence-corrected chi connectivity index (χ3v) is 5.80. The van der Waals surface area contributed by atoms with Gasteiger partial charge in [0.25, 0.3) is 0 Å². The van der Waals surface area contributed by atoms with Crippen molar-refractivity contribution in [3.8, 4) is 5.69 Å². The first-order valence-electron chi connectivity index (χ1n) is 7.01. The van der Waals surface area contributed by atoms with E-state index in [2.05, 4.69) is 21.2 Å². The molecule has 23 heavy (non-hydrogen) atoms. The number of thioether (sulfide) groups is 1. The molecule has 2 aromatic carbocycles. The molecule has 7 heteroatoms. The molecule has 0 saturated heterocycles. The zero-order chi connectivity index (χ0) is 15.6. The van der Waals surface area contributed by atoms with Gasteiger partial charge >= 0.3 is 0 Å². The van der Waals surface area contributed by atoms with Gasteiger partial charge in [-0.2, -0.15) is 5.10 Å².